The van der Waals surface area contributed by atoms with E-state index in [-0.39, 0.29) is 11.9 Å². The first-order valence-electron chi connectivity index (χ1n) is 5.88. The highest BCUT2D eigenvalue weighted by Crippen LogP contribution is 2.18. The zero-order valence-electron chi connectivity index (χ0n) is 10.1. The molecule has 18 heavy (non-hydrogen) atoms. The van der Waals surface area contributed by atoms with Gasteiger partial charge in [0.25, 0.3) is 5.91 Å². The summed E-state index contributed by atoms with van der Waals surface area (Å²) in [6, 6.07) is 3.70. The second-order valence-electron chi connectivity index (χ2n) is 4.21. The van der Waals surface area contributed by atoms with Gasteiger partial charge in [-0.3, -0.25) is 4.79 Å². The predicted octanol–water partition coefficient (Wildman–Crippen LogP) is 1.50. The van der Waals surface area contributed by atoms with Crippen molar-refractivity contribution in [2.45, 2.75) is 31.9 Å². The van der Waals surface area contributed by atoms with E-state index in [1.807, 2.05) is 0 Å². The summed E-state index contributed by atoms with van der Waals surface area (Å²) in [5.41, 5.74) is 0. The third kappa shape index (κ3) is 3.76. The Balaban J connectivity index is 1.77. The molecule has 1 heterocycles. The maximum Gasteiger partial charge on any atom is 0.331 e. The average Bonchev–Trinajstić information content (AvgIpc) is 2.99. The van der Waals surface area contributed by atoms with Crippen LogP contribution in [0.1, 0.15) is 25.5 Å². The number of esters is 1. The third-order valence-electron chi connectivity index (χ3n) is 2.51. The van der Waals surface area contributed by atoms with E-state index in [1.165, 1.54) is 18.4 Å². The number of nitrogens with one attached hydrogen (secondary N) is 1. The van der Waals surface area contributed by atoms with Crippen molar-refractivity contribution in [3.8, 4) is 0 Å². The first kappa shape index (κ1) is 12.4. The van der Waals surface area contributed by atoms with Gasteiger partial charge in [-0.15, -0.1) is 0 Å². The fraction of sp³-hybridized carbons (Fsp3) is 0.385. The molecule has 96 valence electrons. The molecule has 1 aliphatic carbocycles. The van der Waals surface area contributed by atoms with Crippen LogP contribution in [0.25, 0.3) is 6.08 Å². The first-order chi connectivity index (χ1) is 8.65. The molecule has 1 saturated carbocycles. The van der Waals surface area contributed by atoms with Crippen LogP contribution in [0.5, 0.6) is 0 Å². The number of carbonyl (C=O) groups is 2. The molecule has 1 fully saturated rings. The Morgan fingerprint density at radius 1 is 1.56 bits per heavy atom. The first-order valence-corrected chi connectivity index (χ1v) is 5.88. The molecule has 1 N–H and O–H groups in total. The van der Waals surface area contributed by atoms with Crippen LogP contribution in [0, 0.1) is 0 Å². The lowest BCUT2D eigenvalue weighted by Gasteiger charge is -2.11. The van der Waals surface area contributed by atoms with E-state index < -0.39 is 12.1 Å². The molecule has 0 bridgehead atoms. The van der Waals surface area contributed by atoms with Gasteiger partial charge in [0.1, 0.15) is 5.76 Å². The van der Waals surface area contributed by atoms with E-state index in [0.29, 0.717) is 5.76 Å². The summed E-state index contributed by atoms with van der Waals surface area (Å²) in [7, 11) is 0. The van der Waals surface area contributed by atoms with Crippen LogP contribution in [-0.2, 0) is 14.3 Å². The molecular weight excluding hydrogens is 234 g/mol. The molecule has 5 heteroatoms. The van der Waals surface area contributed by atoms with Gasteiger partial charge in [0.2, 0.25) is 0 Å². The van der Waals surface area contributed by atoms with E-state index in [0.717, 1.165) is 12.8 Å². The Bertz CT molecular complexity index is 446. The van der Waals surface area contributed by atoms with E-state index in [9.17, 15) is 9.59 Å². The predicted molar refractivity (Wildman–Crippen MR) is 64.5 cm³/mol. The van der Waals surface area contributed by atoms with Crippen LogP contribution < -0.4 is 5.32 Å². The van der Waals surface area contributed by atoms with E-state index in [1.54, 1.807) is 19.1 Å². The lowest BCUT2D eigenvalue weighted by Crippen LogP contribution is -2.36. The highest BCUT2D eigenvalue weighted by atomic mass is 16.5. The number of hydrogen-bond acceptors (Lipinski definition) is 4. The lowest BCUT2D eigenvalue weighted by molar-refractivity contribution is -0.150. The summed E-state index contributed by atoms with van der Waals surface area (Å²) in [6.45, 7) is 1.55. The van der Waals surface area contributed by atoms with Crippen LogP contribution in [0.3, 0.4) is 0 Å². The summed E-state index contributed by atoms with van der Waals surface area (Å²) in [6.07, 6.45) is 5.47. The smallest absolute Gasteiger partial charge is 0.331 e. The van der Waals surface area contributed by atoms with Crippen molar-refractivity contribution >= 4 is 18.0 Å². The highest BCUT2D eigenvalue weighted by molar-refractivity contribution is 5.90. The molecule has 0 aliphatic heterocycles. The topological polar surface area (TPSA) is 68.5 Å². The molecule has 5 nitrogen and oxygen atoms in total. The SMILES string of the molecule is C[C@H](OC(=O)/C=C/c1ccco1)C(=O)NC1CC1. The number of carbonyl (C=O) groups excluding carboxylic acids is 2. The number of rotatable bonds is 5. The summed E-state index contributed by atoms with van der Waals surface area (Å²) in [4.78, 5) is 23.0. The Morgan fingerprint density at radius 2 is 2.33 bits per heavy atom. The lowest BCUT2D eigenvalue weighted by atomic mass is 10.3. The van der Waals surface area contributed by atoms with Crippen molar-refractivity contribution in [1.29, 1.82) is 0 Å². The summed E-state index contributed by atoms with van der Waals surface area (Å²) in [5.74, 6) is -0.260. The molecular formula is C13H15NO4. The molecule has 0 unspecified atom stereocenters. The van der Waals surface area contributed by atoms with Crippen LogP contribution in [0.15, 0.2) is 28.9 Å². The quantitative estimate of drug-likeness (QED) is 0.634. The Morgan fingerprint density at radius 3 is 2.94 bits per heavy atom. The monoisotopic (exact) mass is 249 g/mol. The number of ether oxygens (including phenoxy) is 1. The molecule has 0 aromatic carbocycles. The Hall–Kier alpha value is -2.04. The molecule has 1 amide bonds. The molecule has 1 aliphatic rings. The van der Waals surface area contributed by atoms with Crippen LogP contribution in [0.4, 0.5) is 0 Å². The summed E-state index contributed by atoms with van der Waals surface area (Å²) in [5, 5.41) is 2.77. The van der Waals surface area contributed by atoms with Gasteiger partial charge in [0.15, 0.2) is 6.10 Å². The minimum Gasteiger partial charge on any atom is -0.465 e. The van der Waals surface area contributed by atoms with E-state index in [4.69, 9.17) is 9.15 Å². The van der Waals surface area contributed by atoms with Crippen molar-refractivity contribution in [3.05, 3.63) is 30.2 Å². The zero-order valence-corrected chi connectivity index (χ0v) is 10.1. The highest BCUT2D eigenvalue weighted by Gasteiger charge is 2.26. The minimum atomic E-state index is -0.778. The maximum absolute atomic E-state index is 11.5. The molecule has 1 aromatic heterocycles. The average molecular weight is 249 g/mol. The standard InChI is InChI=1S/C13H15NO4/c1-9(13(16)14-10-4-5-10)18-12(15)7-6-11-3-2-8-17-11/h2-3,6-10H,4-5H2,1H3,(H,14,16)/b7-6+/t9-/m0/s1. The molecule has 0 radical (unpaired) electrons. The molecule has 2 rings (SSSR count). The van der Waals surface area contributed by atoms with Gasteiger partial charge in [-0.05, 0) is 38.0 Å². The zero-order chi connectivity index (χ0) is 13.0. The Kier molecular flexibility index (Phi) is 3.82. The van der Waals surface area contributed by atoms with Gasteiger partial charge in [-0.2, -0.15) is 0 Å². The fourth-order valence-corrected chi connectivity index (χ4v) is 1.35. The van der Waals surface area contributed by atoms with Crippen molar-refractivity contribution in [3.63, 3.8) is 0 Å². The normalized spacial score (nSPS) is 16.5. The van der Waals surface area contributed by atoms with Crippen LogP contribution in [0.2, 0.25) is 0 Å². The maximum atomic E-state index is 11.5. The van der Waals surface area contributed by atoms with Gasteiger partial charge in [-0.25, -0.2) is 4.79 Å². The fourth-order valence-electron chi connectivity index (χ4n) is 1.35. The largest absolute Gasteiger partial charge is 0.465 e. The van der Waals surface area contributed by atoms with Crippen molar-refractivity contribution < 1.29 is 18.7 Å². The van der Waals surface area contributed by atoms with Crippen LogP contribution >= 0.6 is 0 Å². The van der Waals surface area contributed by atoms with Gasteiger partial charge < -0.3 is 14.5 Å². The summed E-state index contributed by atoms with van der Waals surface area (Å²) >= 11 is 0. The van der Waals surface area contributed by atoms with E-state index >= 15 is 0 Å². The second kappa shape index (κ2) is 5.53. The Labute approximate surface area is 105 Å². The van der Waals surface area contributed by atoms with Gasteiger partial charge in [-0.1, -0.05) is 0 Å². The molecule has 0 spiro atoms. The van der Waals surface area contributed by atoms with Crippen molar-refractivity contribution in [2.24, 2.45) is 0 Å². The number of hydrogen-bond donors (Lipinski definition) is 1. The second-order valence-corrected chi connectivity index (χ2v) is 4.21. The minimum absolute atomic E-state index is 0.253. The molecule has 1 atom stereocenters. The van der Waals surface area contributed by atoms with Crippen molar-refractivity contribution in [1.82, 2.24) is 5.32 Å². The third-order valence-corrected chi connectivity index (χ3v) is 2.51. The molecule has 0 saturated heterocycles. The summed E-state index contributed by atoms with van der Waals surface area (Å²) < 4.78 is 9.98. The van der Waals surface area contributed by atoms with Gasteiger partial charge in [0, 0.05) is 12.1 Å². The van der Waals surface area contributed by atoms with E-state index in [2.05, 4.69) is 5.32 Å². The van der Waals surface area contributed by atoms with Gasteiger partial charge in [0.05, 0.1) is 6.26 Å². The van der Waals surface area contributed by atoms with Crippen LogP contribution in [-0.4, -0.2) is 24.0 Å². The number of furan rings is 1. The van der Waals surface area contributed by atoms with Gasteiger partial charge >= 0.3 is 5.97 Å². The van der Waals surface area contributed by atoms with Crippen molar-refractivity contribution in [2.75, 3.05) is 0 Å². The number of amides is 1. The molecule has 1 aromatic rings.